The molecule has 33 heavy (non-hydrogen) atoms. The van der Waals surface area contributed by atoms with Crippen molar-refractivity contribution in [3.05, 3.63) is 50.8 Å². The zero-order chi connectivity index (χ0) is 22.9. The molecule has 6 rings (SSSR count). The molecule has 2 N–H and O–H groups in total. The number of thiophene rings is 1. The van der Waals surface area contributed by atoms with E-state index in [9.17, 15) is 9.59 Å². The van der Waals surface area contributed by atoms with Crippen LogP contribution >= 0.6 is 22.9 Å². The second kappa shape index (κ2) is 7.57. The first-order valence-corrected chi connectivity index (χ1v) is 12.8. The van der Waals surface area contributed by atoms with Crippen LogP contribution in [0.5, 0.6) is 0 Å². The lowest BCUT2D eigenvalue weighted by Crippen LogP contribution is -2.57. The Morgan fingerprint density at radius 3 is 2.67 bits per heavy atom. The minimum absolute atomic E-state index is 0.0000766. The fourth-order valence-corrected chi connectivity index (χ4v) is 7.17. The van der Waals surface area contributed by atoms with Gasteiger partial charge in [0.1, 0.15) is 0 Å². The molecule has 1 aromatic carbocycles. The summed E-state index contributed by atoms with van der Waals surface area (Å²) in [4.78, 5) is 27.1. The van der Waals surface area contributed by atoms with Gasteiger partial charge in [0.25, 0.3) is 5.91 Å². The number of carboxylic acids is 1. The monoisotopic (exact) mass is 483 g/mol. The van der Waals surface area contributed by atoms with Gasteiger partial charge in [0.05, 0.1) is 34.3 Å². The third kappa shape index (κ3) is 3.56. The van der Waals surface area contributed by atoms with Crippen LogP contribution in [0.15, 0.2) is 30.5 Å². The van der Waals surface area contributed by atoms with Gasteiger partial charge in [0, 0.05) is 21.2 Å². The number of hydrogen-bond acceptors (Lipinski definition) is 4. The molecule has 0 radical (unpaired) electrons. The van der Waals surface area contributed by atoms with Crippen LogP contribution in [0.2, 0.25) is 5.02 Å². The highest BCUT2D eigenvalue weighted by Crippen LogP contribution is 2.58. The number of aromatic nitrogens is 2. The fourth-order valence-electron chi connectivity index (χ4n) is 5.75. The number of rotatable bonds is 6. The minimum Gasteiger partial charge on any atom is -0.481 e. The summed E-state index contributed by atoms with van der Waals surface area (Å²) in [7, 11) is 0. The van der Waals surface area contributed by atoms with E-state index in [-0.39, 0.29) is 29.3 Å². The van der Waals surface area contributed by atoms with Crippen molar-refractivity contribution in [3.63, 3.8) is 0 Å². The molecule has 3 aliphatic rings. The molecule has 1 spiro atoms. The number of aliphatic carboxylic acids is 1. The van der Waals surface area contributed by atoms with E-state index in [1.165, 1.54) is 22.6 Å². The van der Waals surface area contributed by atoms with E-state index in [4.69, 9.17) is 16.7 Å². The number of fused-ring (bicyclic) bond motifs is 1. The normalized spacial score (nSPS) is 27.2. The number of carbonyl (C=O) groups is 2. The van der Waals surface area contributed by atoms with E-state index in [0.717, 1.165) is 36.6 Å². The van der Waals surface area contributed by atoms with Crippen LogP contribution in [-0.2, 0) is 4.79 Å². The van der Waals surface area contributed by atoms with Gasteiger partial charge in [-0.15, -0.1) is 11.3 Å². The number of amides is 1. The number of benzene rings is 1. The van der Waals surface area contributed by atoms with E-state index in [1.807, 2.05) is 16.0 Å². The summed E-state index contributed by atoms with van der Waals surface area (Å²) in [6.45, 7) is 2.11. The molecular weight excluding hydrogens is 458 g/mol. The molecule has 0 aliphatic heterocycles. The first-order chi connectivity index (χ1) is 15.8. The number of hydrogen-bond donors (Lipinski definition) is 2. The maximum atomic E-state index is 13.3. The molecule has 1 amide bonds. The number of carbonyl (C=O) groups excluding carboxylic acids is 1. The molecule has 6 nitrogen and oxygen atoms in total. The summed E-state index contributed by atoms with van der Waals surface area (Å²) in [5.41, 5.74) is 1.46. The van der Waals surface area contributed by atoms with Gasteiger partial charge < -0.3 is 10.4 Å². The van der Waals surface area contributed by atoms with E-state index >= 15 is 0 Å². The smallest absolute Gasteiger partial charge is 0.306 e. The summed E-state index contributed by atoms with van der Waals surface area (Å²) in [6.07, 6.45) is 7.47. The average molecular weight is 484 g/mol. The lowest BCUT2D eigenvalue weighted by atomic mass is 9.50. The maximum Gasteiger partial charge on any atom is 0.306 e. The third-order valence-corrected chi connectivity index (χ3v) is 9.50. The highest BCUT2D eigenvalue weighted by Gasteiger charge is 2.55. The largest absolute Gasteiger partial charge is 0.481 e. The highest BCUT2D eigenvalue weighted by atomic mass is 35.5. The molecule has 3 fully saturated rings. The second-order valence-electron chi connectivity index (χ2n) is 10.2. The van der Waals surface area contributed by atoms with Crippen LogP contribution < -0.4 is 5.32 Å². The fraction of sp³-hybridized carbons (Fsp3) is 0.480. The van der Waals surface area contributed by atoms with E-state index < -0.39 is 5.97 Å². The lowest BCUT2D eigenvalue weighted by Gasteiger charge is -2.56. The van der Waals surface area contributed by atoms with Crippen LogP contribution in [0, 0.1) is 11.3 Å². The molecule has 2 heterocycles. The van der Waals surface area contributed by atoms with Gasteiger partial charge in [0.2, 0.25) is 0 Å². The van der Waals surface area contributed by atoms with Gasteiger partial charge >= 0.3 is 5.97 Å². The molecule has 3 aromatic rings. The Morgan fingerprint density at radius 2 is 1.97 bits per heavy atom. The first-order valence-electron chi connectivity index (χ1n) is 11.6. The SMILES string of the molecule is C[C@H](c1ccc(C2CC2)s1)n1ncc2c(Cl)ccc(C(=O)NC3CC4(C3)CC(C(=O)O)C4)c21. The molecule has 2 aromatic heterocycles. The zero-order valence-corrected chi connectivity index (χ0v) is 20.0. The van der Waals surface area contributed by atoms with Crippen molar-refractivity contribution in [2.75, 3.05) is 0 Å². The average Bonchev–Trinajstić information content (AvgIpc) is 3.28. The van der Waals surface area contributed by atoms with Gasteiger partial charge in [0.15, 0.2) is 0 Å². The summed E-state index contributed by atoms with van der Waals surface area (Å²) in [5, 5.41) is 18.3. The van der Waals surface area contributed by atoms with Crippen molar-refractivity contribution in [1.29, 1.82) is 0 Å². The summed E-state index contributed by atoms with van der Waals surface area (Å²) in [5.74, 6) is -0.321. The molecule has 0 bridgehead atoms. The number of nitrogens with one attached hydrogen (secondary N) is 1. The van der Waals surface area contributed by atoms with Gasteiger partial charge in [-0.1, -0.05) is 11.6 Å². The number of nitrogens with zero attached hydrogens (tertiary/aromatic N) is 2. The van der Waals surface area contributed by atoms with Crippen molar-refractivity contribution in [2.45, 2.75) is 63.5 Å². The molecule has 0 unspecified atom stereocenters. The Morgan fingerprint density at radius 1 is 1.21 bits per heavy atom. The molecule has 3 saturated carbocycles. The molecule has 8 heteroatoms. The Labute approximate surface area is 200 Å². The third-order valence-electron chi connectivity index (χ3n) is 7.76. The van der Waals surface area contributed by atoms with Crippen molar-refractivity contribution in [1.82, 2.24) is 15.1 Å². The van der Waals surface area contributed by atoms with Crippen LogP contribution in [0.4, 0.5) is 0 Å². The molecule has 0 saturated heterocycles. The minimum atomic E-state index is -0.700. The standard InChI is InChI=1S/C25H26ClN3O3S/c1-13(20-6-7-21(33-20)14-2-3-14)29-22-17(4-5-19(26)18(22)12-27-29)23(30)28-16-10-25(11-16)8-15(9-25)24(31)32/h4-7,12-16H,2-3,8-11H2,1H3,(H,28,30)(H,31,32)/t13-,15?,16?,25?/m1/s1. The van der Waals surface area contributed by atoms with Gasteiger partial charge in [-0.2, -0.15) is 5.10 Å². The molecule has 3 aliphatic carbocycles. The van der Waals surface area contributed by atoms with Crippen LogP contribution in [0.25, 0.3) is 10.9 Å². The van der Waals surface area contributed by atoms with E-state index in [2.05, 4.69) is 29.5 Å². The number of halogens is 1. The van der Waals surface area contributed by atoms with Crippen molar-refractivity contribution < 1.29 is 14.7 Å². The van der Waals surface area contributed by atoms with Crippen molar-refractivity contribution in [2.24, 2.45) is 11.3 Å². The topological polar surface area (TPSA) is 84.2 Å². The molecular formula is C25H26ClN3O3S. The maximum absolute atomic E-state index is 13.3. The van der Waals surface area contributed by atoms with E-state index in [0.29, 0.717) is 16.5 Å². The second-order valence-corrected chi connectivity index (χ2v) is 11.7. The summed E-state index contributed by atoms with van der Waals surface area (Å²) in [6, 6.07) is 8.04. The van der Waals surface area contributed by atoms with Crippen molar-refractivity contribution in [3.8, 4) is 0 Å². The van der Waals surface area contributed by atoms with Gasteiger partial charge in [-0.3, -0.25) is 14.3 Å². The Bertz CT molecular complexity index is 1260. The Hall–Kier alpha value is -2.38. The van der Waals surface area contributed by atoms with E-state index in [1.54, 1.807) is 18.3 Å². The van der Waals surface area contributed by atoms with Crippen LogP contribution in [-0.4, -0.2) is 32.8 Å². The van der Waals surface area contributed by atoms with Gasteiger partial charge in [-0.05, 0) is 81.0 Å². The molecule has 172 valence electrons. The summed E-state index contributed by atoms with van der Waals surface area (Å²) >= 11 is 8.30. The zero-order valence-electron chi connectivity index (χ0n) is 18.4. The number of carboxylic acid groups (broad SMARTS) is 1. The molecule has 1 atom stereocenters. The predicted molar refractivity (Wildman–Crippen MR) is 128 cm³/mol. The van der Waals surface area contributed by atoms with Crippen LogP contribution in [0.3, 0.4) is 0 Å². The summed E-state index contributed by atoms with van der Waals surface area (Å²) < 4.78 is 1.92. The first kappa shape index (κ1) is 21.2. The highest BCUT2D eigenvalue weighted by molar-refractivity contribution is 7.12. The predicted octanol–water partition coefficient (Wildman–Crippen LogP) is 5.61. The van der Waals surface area contributed by atoms with Crippen molar-refractivity contribution >= 4 is 45.7 Å². The Kier molecular flexibility index (Phi) is 4.86. The lowest BCUT2D eigenvalue weighted by molar-refractivity contribution is -0.155. The quantitative estimate of drug-likeness (QED) is 0.477. The van der Waals surface area contributed by atoms with Gasteiger partial charge in [-0.25, -0.2) is 0 Å². The Balaban J connectivity index is 1.23. The van der Waals surface area contributed by atoms with Crippen LogP contribution in [0.1, 0.15) is 77.5 Å².